The molecule has 5 aromatic rings. The van der Waals surface area contributed by atoms with Crippen LogP contribution in [0.25, 0.3) is 22.2 Å². The third-order valence-electron chi connectivity index (χ3n) is 6.85. The zero-order valence-electron chi connectivity index (χ0n) is 20.4. The normalized spacial score (nSPS) is 14.6. The monoisotopic (exact) mass is 486 g/mol. The quantitative estimate of drug-likeness (QED) is 0.264. The molecule has 6 nitrogen and oxygen atoms in total. The molecule has 1 unspecified atom stereocenters. The highest BCUT2D eigenvalue weighted by Gasteiger charge is 2.41. The van der Waals surface area contributed by atoms with Crippen molar-refractivity contribution in [1.82, 2.24) is 15.3 Å². The van der Waals surface area contributed by atoms with Gasteiger partial charge in [-0.1, -0.05) is 84.4 Å². The maximum Gasteiger partial charge on any atom is 0.257 e. The van der Waals surface area contributed by atoms with Crippen LogP contribution in [-0.2, 0) is 4.79 Å². The van der Waals surface area contributed by atoms with Gasteiger partial charge in [0.05, 0.1) is 17.4 Å². The second kappa shape index (κ2) is 9.32. The number of H-pyrrole nitrogens is 1. The Hall–Kier alpha value is -4.84. The minimum absolute atomic E-state index is 0.0924. The van der Waals surface area contributed by atoms with Crippen LogP contribution in [0.4, 0.5) is 5.69 Å². The Morgan fingerprint density at radius 1 is 0.865 bits per heavy atom. The van der Waals surface area contributed by atoms with Crippen LogP contribution in [0.1, 0.15) is 33.1 Å². The fourth-order valence-corrected chi connectivity index (χ4v) is 5.10. The van der Waals surface area contributed by atoms with E-state index in [0.717, 1.165) is 39.0 Å². The van der Waals surface area contributed by atoms with E-state index in [1.54, 1.807) is 4.90 Å². The highest BCUT2D eigenvalue weighted by Crippen LogP contribution is 2.45. The summed E-state index contributed by atoms with van der Waals surface area (Å²) in [6.07, 6.45) is 0. The number of carbonyl (C=O) groups is 2. The third-order valence-corrected chi connectivity index (χ3v) is 6.85. The van der Waals surface area contributed by atoms with Crippen molar-refractivity contribution >= 4 is 28.4 Å². The molecule has 37 heavy (non-hydrogen) atoms. The zero-order valence-corrected chi connectivity index (χ0v) is 20.4. The molecule has 6 heteroatoms. The standard InChI is InChI=1S/C31H26N4O2/c1-20-15-17-21(18-16-20)29-28(25-13-7-8-14-26(25)32-29)30-23-11-5-6-12-24(23)31(37)35(30)19-27(36)34-33-22-9-3-2-4-10-22/h2-18,30,32-33H,19H2,1H3,(H,34,36). The first kappa shape index (κ1) is 22.6. The number of nitrogens with one attached hydrogen (secondary N) is 3. The van der Waals surface area contributed by atoms with E-state index >= 15 is 0 Å². The van der Waals surface area contributed by atoms with Gasteiger partial charge in [0, 0.05) is 22.0 Å². The number of benzene rings is 4. The van der Waals surface area contributed by atoms with E-state index in [4.69, 9.17) is 0 Å². The van der Waals surface area contributed by atoms with Crippen molar-refractivity contribution in [2.45, 2.75) is 13.0 Å². The first-order valence-electron chi connectivity index (χ1n) is 12.3. The summed E-state index contributed by atoms with van der Waals surface area (Å²) in [5, 5.41) is 1.03. The zero-order chi connectivity index (χ0) is 25.4. The second-order valence-corrected chi connectivity index (χ2v) is 9.29. The van der Waals surface area contributed by atoms with Gasteiger partial charge in [-0.25, -0.2) is 0 Å². The van der Waals surface area contributed by atoms with Crippen molar-refractivity contribution in [2.24, 2.45) is 0 Å². The number of nitrogens with zero attached hydrogens (tertiary/aromatic N) is 1. The van der Waals surface area contributed by atoms with Crippen LogP contribution in [0, 0.1) is 6.92 Å². The maximum absolute atomic E-state index is 13.7. The molecule has 0 saturated heterocycles. The number of fused-ring (bicyclic) bond motifs is 2. The Labute approximate surface area is 214 Å². The van der Waals surface area contributed by atoms with Gasteiger partial charge >= 0.3 is 0 Å². The summed E-state index contributed by atoms with van der Waals surface area (Å²) in [4.78, 5) is 32.0. The van der Waals surface area contributed by atoms with Gasteiger partial charge in [0.1, 0.15) is 6.54 Å². The topological polar surface area (TPSA) is 77.2 Å². The molecular weight excluding hydrogens is 460 g/mol. The van der Waals surface area contributed by atoms with E-state index in [0.29, 0.717) is 5.56 Å². The lowest BCUT2D eigenvalue weighted by molar-refractivity contribution is -0.121. The molecular formula is C31H26N4O2. The number of aromatic nitrogens is 1. The molecule has 2 amide bonds. The molecule has 0 spiro atoms. The summed E-state index contributed by atoms with van der Waals surface area (Å²) >= 11 is 0. The molecule has 1 aliphatic heterocycles. The average molecular weight is 487 g/mol. The van der Waals surface area contributed by atoms with Gasteiger partial charge in [-0.3, -0.25) is 20.4 Å². The van der Waals surface area contributed by atoms with E-state index < -0.39 is 6.04 Å². The molecule has 0 radical (unpaired) electrons. The molecule has 182 valence electrons. The predicted molar refractivity (Wildman–Crippen MR) is 146 cm³/mol. The SMILES string of the molecule is Cc1ccc(-c2[nH]c3ccccc3c2C2c3ccccc3C(=O)N2CC(=O)NNc2ccccc2)cc1. The molecule has 0 bridgehead atoms. The Morgan fingerprint density at radius 3 is 2.38 bits per heavy atom. The number of aryl methyl sites for hydroxylation is 1. The molecule has 0 fully saturated rings. The smallest absolute Gasteiger partial charge is 0.257 e. The summed E-state index contributed by atoms with van der Waals surface area (Å²) in [6, 6.07) is 33.1. The van der Waals surface area contributed by atoms with Crippen molar-refractivity contribution in [3.63, 3.8) is 0 Å². The highest BCUT2D eigenvalue weighted by molar-refractivity contribution is 6.03. The first-order chi connectivity index (χ1) is 18.1. The fourth-order valence-electron chi connectivity index (χ4n) is 5.10. The Kier molecular flexibility index (Phi) is 5.69. The second-order valence-electron chi connectivity index (χ2n) is 9.29. The van der Waals surface area contributed by atoms with Crippen LogP contribution in [0.15, 0.2) is 103 Å². The number of hydrogen-bond donors (Lipinski definition) is 3. The molecule has 4 aromatic carbocycles. The van der Waals surface area contributed by atoms with Crippen LogP contribution in [-0.4, -0.2) is 28.2 Å². The number of hydrazine groups is 1. The number of carbonyl (C=O) groups excluding carboxylic acids is 2. The van der Waals surface area contributed by atoms with Gasteiger partial charge in [-0.05, 0) is 42.3 Å². The third kappa shape index (κ3) is 4.12. The van der Waals surface area contributed by atoms with E-state index in [1.807, 2.05) is 72.8 Å². The number of anilines is 1. The summed E-state index contributed by atoms with van der Waals surface area (Å²) in [5.74, 6) is -0.456. The summed E-state index contributed by atoms with van der Waals surface area (Å²) in [7, 11) is 0. The number of hydrogen-bond acceptors (Lipinski definition) is 3. The van der Waals surface area contributed by atoms with E-state index in [9.17, 15) is 9.59 Å². The number of aromatic amines is 1. The molecule has 1 aromatic heterocycles. The predicted octanol–water partition coefficient (Wildman–Crippen LogP) is 5.83. The fraction of sp³-hybridized carbons (Fsp3) is 0.0968. The maximum atomic E-state index is 13.7. The van der Waals surface area contributed by atoms with E-state index in [2.05, 4.69) is 53.1 Å². The van der Waals surface area contributed by atoms with E-state index in [1.165, 1.54) is 5.56 Å². The Bertz CT molecular complexity index is 1610. The van der Waals surface area contributed by atoms with E-state index in [-0.39, 0.29) is 18.4 Å². The van der Waals surface area contributed by atoms with Crippen molar-refractivity contribution in [1.29, 1.82) is 0 Å². The van der Waals surface area contributed by atoms with Gasteiger partial charge in [0.25, 0.3) is 11.8 Å². The van der Waals surface area contributed by atoms with Crippen molar-refractivity contribution in [3.8, 4) is 11.3 Å². The average Bonchev–Trinajstić information content (AvgIpc) is 3.43. The highest BCUT2D eigenvalue weighted by atomic mass is 16.2. The number of amides is 2. The van der Waals surface area contributed by atoms with Gasteiger partial charge in [-0.15, -0.1) is 0 Å². The molecule has 6 rings (SSSR count). The lowest BCUT2D eigenvalue weighted by Gasteiger charge is -2.26. The van der Waals surface area contributed by atoms with Gasteiger partial charge in [-0.2, -0.15) is 0 Å². The minimum atomic E-state index is -0.418. The number of para-hydroxylation sites is 2. The minimum Gasteiger partial charge on any atom is -0.354 e. The largest absolute Gasteiger partial charge is 0.354 e. The Morgan fingerprint density at radius 2 is 1.57 bits per heavy atom. The Balaban J connectivity index is 1.43. The van der Waals surface area contributed by atoms with Gasteiger partial charge < -0.3 is 9.88 Å². The molecule has 3 N–H and O–H groups in total. The first-order valence-corrected chi connectivity index (χ1v) is 12.3. The van der Waals surface area contributed by atoms with Crippen LogP contribution in [0.2, 0.25) is 0 Å². The van der Waals surface area contributed by atoms with Gasteiger partial charge in [0.15, 0.2) is 0 Å². The summed E-state index contributed by atoms with van der Waals surface area (Å²) in [5.41, 5.74) is 13.1. The van der Waals surface area contributed by atoms with Crippen LogP contribution in [0.5, 0.6) is 0 Å². The van der Waals surface area contributed by atoms with Crippen molar-refractivity contribution in [2.75, 3.05) is 12.0 Å². The van der Waals surface area contributed by atoms with Crippen molar-refractivity contribution in [3.05, 3.63) is 125 Å². The molecule has 1 atom stereocenters. The molecule has 2 heterocycles. The molecule has 0 aliphatic carbocycles. The van der Waals surface area contributed by atoms with Crippen LogP contribution in [0.3, 0.4) is 0 Å². The van der Waals surface area contributed by atoms with Gasteiger partial charge in [0.2, 0.25) is 0 Å². The molecule has 1 aliphatic rings. The number of rotatable bonds is 6. The summed E-state index contributed by atoms with van der Waals surface area (Å²) < 4.78 is 0. The lowest BCUT2D eigenvalue weighted by atomic mass is 9.93. The van der Waals surface area contributed by atoms with Crippen LogP contribution < -0.4 is 10.9 Å². The molecule has 0 saturated carbocycles. The summed E-state index contributed by atoms with van der Waals surface area (Å²) in [6.45, 7) is 1.97. The van der Waals surface area contributed by atoms with Crippen molar-refractivity contribution < 1.29 is 9.59 Å². The van der Waals surface area contributed by atoms with Crippen LogP contribution >= 0.6 is 0 Å². The lowest BCUT2D eigenvalue weighted by Crippen LogP contribution is -2.41.